The molecule has 5 N–H and O–H groups in total. The minimum atomic E-state index is -1.21. The standard InChI is InChI=1S/C26H43N3O8/c1-20(2)24(25(31)28-21(3)26(32)37-19-22-7-5-4-6-8-22)29-23(30)9-11-33-13-15-35-17-18-36-16-14-34-12-10-27/h4-8,21,26,32H,9-19,27H2,1-3H3,(H,28,31)(H,29,30)/t21-,26?/m0/s1. The molecule has 2 atom stereocenters. The molecule has 0 aromatic heterocycles. The number of aliphatic hydroxyl groups is 1. The highest BCUT2D eigenvalue weighted by Gasteiger charge is 2.21. The summed E-state index contributed by atoms with van der Waals surface area (Å²) in [6.45, 7) is 9.05. The molecule has 0 aliphatic rings. The minimum Gasteiger partial charge on any atom is -0.379 e. The third kappa shape index (κ3) is 16.2. The van der Waals surface area contributed by atoms with Crippen LogP contribution in [0.5, 0.6) is 0 Å². The number of aliphatic hydroxyl groups excluding tert-OH is 1. The van der Waals surface area contributed by atoms with Crippen molar-refractivity contribution in [3.8, 4) is 0 Å². The van der Waals surface area contributed by atoms with Gasteiger partial charge in [0.25, 0.3) is 5.91 Å². The second kappa shape index (κ2) is 20.7. The maximum Gasteiger partial charge on any atom is 0.268 e. The van der Waals surface area contributed by atoms with E-state index >= 15 is 0 Å². The first-order chi connectivity index (χ1) is 17.8. The Morgan fingerprint density at radius 2 is 1.43 bits per heavy atom. The minimum absolute atomic E-state index is 0.0777. The molecule has 0 saturated carbocycles. The van der Waals surface area contributed by atoms with Crippen LogP contribution in [0.2, 0.25) is 0 Å². The number of benzene rings is 1. The molecule has 0 aliphatic heterocycles. The van der Waals surface area contributed by atoms with Crippen molar-refractivity contribution < 1.29 is 38.4 Å². The molecule has 0 saturated heterocycles. The second-order valence-corrected chi connectivity index (χ2v) is 8.36. The van der Waals surface area contributed by atoms with Crippen molar-refractivity contribution >= 4 is 11.8 Å². The molecule has 11 nitrogen and oxygen atoms in total. The predicted octanol–water partition coefficient (Wildman–Crippen LogP) is 0.852. The molecule has 210 valence electrons. The lowest BCUT2D eigenvalue weighted by Gasteiger charge is -2.22. The summed E-state index contributed by atoms with van der Waals surface area (Å²) < 4.78 is 26.8. The van der Waals surface area contributed by atoms with Gasteiger partial charge in [-0.1, -0.05) is 30.3 Å². The Kier molecular flexibility index (Phi) is 18.2. The van der Waals surface area contributed by atoms with Gasteiger partial charge in [-0.2, -0.15) is 0 Å². The van der Waals surface area contributed by atoms with E-state index in [1.165, 1.54) is 0 Å². The third-order valence-electron chi connectivity index (χ3n) is 4.89. The lowest BCUT2D eigenvalue weighted by Crippen LogP contribution is -2.45. The van der Waals surface area contributed by atoms with Crippen molar-refractivity contribution in [2.45, 2.75) is 46.1 Å². The molecule has 0 aliphatic carbocycles. The number of nitrogens with two attached hydrogens (primary N) is 1. The van der Waals surface area contributed by atoms with E-state index in [0.717, 1.165) is 5.56 Å². The summed E-state index contributed by atoms with van der Waals surface area (Å²) in [4.78, 5) is 25.0. The number of allylic oxidation sites excluding steroid dienone is 1. The van der Waals surface area contributed by atoms with E-state index in [4.69, 9.17) is 29.4 Å². The van der Waals surface area contributed by atoms with Crippen molar-refractivity contribution in [1.29, 1.82) is 0 Å². The van der Waals surface area contributed by atoms with Gasteiger partial charge in [-0.15, -0.1) is 0 Å². The number of rotatable bonds is 21. The normalized spacial score (nSPS) is 12.6. The Balaban J connectivity index is 2.20. The van der Waals surface area contributed by atoms with Crippen LogP contribution in [-0.4, -0.2) is 88.7 Å². The smallest absolute Gasteiger partial charge is 0.268 e. The van der Waals surface area contributed by atoms with E-state index in [1.807, 2.05) is 30.3 Å². The van der Waals surface area contributed by atoms with Crippen molar-refractivity contribution in [2.75, 3.05) is 59.4 Å². The number of amides is 2. The molecule has 0 fully saturated rings. The quantitative estimate of drug-likeness (QED) is 0.104. The fourth-order valence-electron chi connectivity index (χ4n) is 2.87. The van der Waals surface area contributed by atoms with Crippen molar-refractivity contribution in [2.24, 2.45) is 5.73 Å². The fourth-order valence-corrected chi connectivity index (χ4v) is 2.87. The third-order valence-corrected chi connectivity index (χ3v) is 4.89. The van der Waals surface area contributed by atoms with Crippen molar-refractivity contribution in [3.05, 3.63) is 47.2 Å². The van der Waals surface area contributed by atoms with E-state index in [2.05, 4.69) is 10.6 Å². The van der Waals surface area contributed by atoms with Gasteiger partial charge in [-0.05, 0) is 31.9 Å². The molecule has 37 heavy (non-hydrogen) atoms. The first-order valence-electron chi connectivity index (χ1n) is 12.5. The van der Waals surface area contributed by atoms with E-state index in [1.54, 1.807) is 20.8 Å². The van der Waals surface area contributed by atoms with Crippen LogP contribution in [0.1, 0.15) is 32.8 Å². The van der Waals surface area contributed by atoms with Crippen LogP contribution >= 0.6 is 0 Å². The van der Waals surface area contributed by atoms with E-state index < -0.39 is 18.2 Å². The molecule has 1 aromatic rings. The lowest BCUT2D eigenvalue weighted by molar-refractivity contribution is -0.137. The zero-order chi connectivity index (χ0) is 27.3. The summed E-state index contributed by atoms with van der Waals surface area (Å²) >= 11 is 0. The summed E-state index contributed by atoms with van der Waals surface area (Å²) in [7, 11) is 0. The molecule has 0 heterocycles. The van der Waals surface area contributed by atoms with Crippen LogP contribution in [0.15, 0.2) is 41.6 Å². The van der Waals surface area contributed by atoms with Crippen molar-refractivity contribution in [1.82, 2.24) is 10.6 Å². The molecule has 0 spiro atoms. The molecule has 0 bridgehead atoms. The van der Waals surface area contributed by atoms with Crippen LogP contribution in [0.3, 0.4) is 0 Å². The fraction of sp³-hybridized carbons (Fsp3) is 0.615. The topological polar surface area (TPSA) is 151 Å². The Morgan fingerprint density at radius 1 is 0.892 bits per heavy atom. The SMILES string of the molecule is CC(C)=C(NC(=O)CCOCCOCCOCCOCCN)C(=O)N[C@@H](C)C(O)OCc1ccccc1. The zero-order valence-electron chi connectivity index (χ0n) is 22.2. The van der Waals surface area contributed by atoms with E-state index in [-0.39, 0.29) is 31.2 Å². The summed E-state index contributed by atoms with van der Waals surface area (Å²) in [6.07, 6.45) is -1.13. The van der Waals surface area contributed by atoms with Crippen LogP contribution in [0.25, 0.3) is 0 Å². The molecule has 2 amide bonds. The van der Waals surface area contributed by atoms with Gasteiger partial charge in [-0.25, -0.2) is 0 Å². The lowest BCUT2D eigenvalue weighted by atomic mass is 10.2. The molecule has 0 radical (unpaired) electrons. The summed E-state index contributed by atoms with van der Waals surface area (Å²) in [6, 6.07) is 8.70. The van der Waals surface area contributed by atoms with E-state index in [0.29, 0.717) is 58.4 Å². The Bertz CT molecular complexity index is 787. The van der Waals surface area contributed by atoms with Gasteiger partial charge in [0.05, 0.1) is 71.9 Å². The monoisotopic (exact) mass is 525 g/mol. The maximum atomic E-state index is 12.7. The average Bonchev–Trinajstić information content (AvgIpc) is 2.88. The summed E-state index contributed by atoms with van der Waals surface area (Å²) in [5, 5.41) is 15.5. The summed E-state index contributed by atoms with van der Waals surface area (Å²) in [5.41, 5.74) is 6.98. The largest absolute Gasteiger partial charge is 0.379 e. The van der Waals surface area contributed by atoms with Crippen molar-refractivity contribution in [3.63, 3.8) is 0 Å². The second-order valence-electron chi connectivity index (χ2n) is 8.36. The van der Waals surface area contributed by atoms with Crippen LogP contribution in [-0.2, 0) is 39.9 Å². The van der Waals surface area contributed by atoms with Gasteiger partial charge in [0.2, 0.25) is 5.91 Å². The van der Waals surface area contributed by atoms with Gasteiger partial charge in [0.1, 0.15) is 5.70 Å². The Hall–Kier alpha value is -2.38. The number of hydrogen-bond acceptors (Lipinski definition) is 9. The van der Waals surface area contributed by atoms with Crippen LogP contribution < -0.4 is 16.4 Å². The number of carbonyl (C=O) groups is 2. The molecule has 1 aromatic carbocycles. The van der Waals surface area contributed by atoms with Gasteiger partial charge >= 0.3 is 0 Å². The number of ether oxygens (including phenoxy) is 5. The van der Waals surface area contributed by atoms with Crippen LogP contribution in [0.4, 0.5) is 0 Å². The highest BCUT2D eigenvalue weighted by molar-refractivity contribution is 5.98. The number of nitrogens with one attached hydrogen (secondary N) is 2. The molecule has 1 rings (SSSR count). The summed E-state index contributed by atoms with van der Waals surface area (Å²) in [5.74, 6) is -0.864. The molecular formula is C26H43N3O8. The van der Waals surface area contributed by atoms with E-state index in [9.17, 15) is 14.7 Å². The van der Waals surface area contributed by atoms with Gasteiger partial charge in [0, 0.05) is 6.54 Å². The first-order valence-corrected chi connectivity index (χ1v) is 12.5. The Labute approximate surface area is 219 Å². The number of carbonyl (C=O) groups excluding carboxylic acids is 2. The van der Waals surface area contributed by atoms with Gasteiger partial charge < -0.3 is 45.2 Å². The maximum absolute atomic E-state index is 12.7. The highest BCUT2D eigenvalue weighted by Crippen LogP contribution is 2.06. The zero-order valence-corrected chi connectivity index (χ0v) is 22.2. The average molecular weight is 526 g/mol. The van der Waals surface area contributed by atoms with Crippen LogP contribution in [0, 0.1) is 0 Å². The predicted molar refractivity (Wildman–Crippen MR) is 138 cm³/mol. The van der Waals surface area contributed by atoms with Gasteiger partial charge in [0.15, 0.2) is 6.29 Å². The molecule has 11 heteroatoms. The highest BCUT2D eigenvalue weighted by atomic mass is 16.6. The van der Waals surface area contributed by atoms with Gasteiger partial charge in [-0.3, -0.25) is 9.59 Å². The molecule has 1 unspecified atom stereocenters. The Morgan fingerprint density at radius 3 is 1.97 bits per heavy atom. The number of hydrogen-bond donors (Lipinski definition) is 4. The molecular weight excluding hydrogens is 482 g/mol. The first kappa shape index (κ1) is 32.6.